The molecule has 156 valence electrons. The molecular weight excluding hydrogens is 459 g/mol. The summed E-state index contributed by atoms with van der Waals surface area (Å²) in [6.45, 7) is 0.416. The van der Waals surface area contributed by atoms with Gasteiger partial charge in [0.1, 0.15) is 5.82 Å². The molecule has 1 aromatic heterocycles. The molecule has 0 unspecified atom stereocenters. The van der Waals surface area contributed by atoms with Gasteiger partial charge in [0.15, 0.2) is 0 Å². The molecule has 0 saturated carbocycles. The number of aliphatic imine (C=N–C) groups is 1. The first-order valence-electron chi connectivity index (χ1n) is 9.78. The SMILES string of the molecule is O=C(NC(=NCCc1c[nH]c2ccccc12)Nc1ccccc1F)c1ccc(Br)cc1. The number of nitrogens with zero attached hydrogens (tertiary/aromatic N) is 1. The van der Waals surface area contributed by atoms with Gasteiger partial charge in [-0.2, -0.15) is 0 Å². The number of nitrogens with one attached hydrogen (secondary N) is 3. The highest BCUT2D eigenvalue weighted by Crippen LogP contribution is 2.18. The number of amides is 1. The van der Waals surface area contributed by atoms with Gasteiger partial charge in [0.05, 0.1) is 5.69 Å². The number of halogens is 2. The second kappa shape index (κ2) is 9.57. The van der Waals surface area contributed by atoms with E-state index in [0.717, 1.165) is 20.9 Å². The van der Waals surface area contributed by atoms with Crippen LogP contribution >= 0.6 is 15.9 Å². The minimum atomic E-state index is -0.426. The standard InChI is InChI=1S/C24H20BrFN4O/c25-18-11-9-16(10-12-18)23(31)30-24(29-22-8-4-2-6-20(22)26)27-14-13-17-15-28-21-7-3-1-5-19(17)21/h1-12,15,28H,13-14H2,(H2,27,29,30,31). The van der Waals surface area contributed by atoms with Crippen LogP contribution in [0, 0.1) is 5.82 Å². The van der Waals surface area contributed by atoms with Gasteiger partial charge in [-0.15, -0.1) is 0 Å². The second-order valence-corrected chi connectivity index (χ2v) is 7.82. The maximum absolute atomic E-state index is 14.1. The lowest BCUT2D eigenvalue weighted by molar-refractivity contribution is 0.0977. The Kier molecular flexibility index (Phi) is 6.43. The number of aromatic nitrogens is 1. The fourth-order valence-electron chi connectivity index (χ4n) is 3.21. The van der Waals surface area contributed by atoms with E-state index in [1.54, 1.807) is 42.5 Å². The van der Waals surface area contributed by atoms with Crippen LogP contribution in [-0.2, 0) is 6.42 Å². The van der Waals surface area contributed by atoms with Gasteiger partial charge in [-0.1, -0.05) is 46.3 Å². The van der Waals surface area contributed by atoms with E-state index >= 15 is 0 Å². The van der Waals surface area contributed by atoms with Gasteiger partial charge in [-0.25, -0.2) is 4.39 Å². The highest BCUT2D eigenvalue weighted by molar-refractivity contribution is 9.10. The lowest BCUT2D eigenvalue weighted by Gasteiger charge is -2.12. The van der Waals surface area contributed by atoms with Crippen molar-refractivity contribution in [1.82, 2.24) is 10.3 Å². The highest BCUT2D eigenvalue weighted by Gasteiger charge is 2.11. The summed E-state index contributed by atoms with van der Waals surface area (Å²) in [6.07, 6.45) is 2.63. The molecule has 5 nitrogen and oxygen atoms in total. The lowest BCUT2D eigenvalue weighted by atomic mass is 10.1. The van der Waals surface area contributed by atoms with Crippen molar-refractivity contribution in [2.45, 2.75) is 6.42 Å². The Labute approximate surface area is 187 Å². The zero-order chi connectivity index (χ0) is 21.6. The smallest absolute Gasteiger partial charge is 0.257 e. The number of rotatable bonds is 5. The summed E-state index contributed by atoms with van der Waals surface area (Å²) >= 11 is 3.36. The molecule has 3 N–H and O–H groups in total. The molecule has 0 saturated heterocycles. The van der Waals surface area contributed by atoms with E-state index in [4.69, 9.17) is 0 Å². The Morgan fingerprint density at radius 2 is 1.74 bits per heavy atom. The van der Waals surface area contributed by atoms with E-state index in [9.17, 15) is 9.18 Å². The number of anilines is 1. The van der Waals surface area contributed by atoms with Crippen LogP contribution < -0.4 is 10.6 Å². The number of H-pyrrole nitrogens is 1. The fraction of sp³-hybridized carbons (Fsp3) is 0.0833. The minimum absolute atomic E-state index is 0.192. The first-order valence-corrected chi connectivity index (χ1v) is 10.6. The Morgan fingerprint density at radius 3 is 2.55 bits per heavy atom. The van der Waals surface area contributed by atoms with Gasteiger partial charge >= 0.3 is 0 Å². The molecule has 7 heteroatoms. The van der Waals surface area contributed by atoms with Crippen LogP contribution in [0.5, 0.6) is 0 Å². The number of benzene rings is 3. The third kappa shape index (κ3) is 5.19. The molecule has 4 rings (SSSR count). The van der Waals surface area contributed by atoms with Crippen molar-refractivity contribution >= 4 is 44.4 Å². The second-order valence-electron chi connectivity index (χ2n) is 6.91. The number of carbonyl (C=O) groups is 1. The third-order valence-corrected chi connectivity index (χ3v) is 5.32. The summed E-state index contributed by atoms with van der Waals surface area (Å²) < 4.78 is 15.0. The van der Waals surface area contributed by atoms with Gasteiger partial charge in [0.2, 0.25) is 5.96 Å². The summed E-state index contributed by atoms with van der Waals surface area (Å²) in [6, 6.07) is 21.3. The largest absolute Gasteiger partial charge is 0.361 e. The van der Waals surface area contributed by atoms with Crippen LogP contribution in [0.2, 0.25) is 0 Å². The number of para-hydroxylation sites is 2. The molecule has 3 aromatic carbocycles. The Bertz CT molecular complexity index is 1230. The number of carbonyl (C=O) groups excluding carboxylic acids is 1. The molecule has 0 bridgehead atoms. The molecule has 0 radical (unpaired) electrons. The molecule has 1 amide bonds. The fourth-order valence-corrected chi connectivity index (χ4v) is 3.47. The molecular formula is C24H20BrFN4O. The first kappa shape index (κ1) is 20.8. The minimum Gasteiger partial charge on any atom is -0.361 e. The number of hydrogen-bond donors (Lipinski definition) is 3. The van der Waals surface area contributed by atoms with Gasteiger partial charge in [-0.05, 0) is 54.4 Å². The number of guanidine groups is 1. The van der Waals surface area contributed by atoms with Gasteiger partial charge in [-0.3, -0.25) is 15.1 Å². The van der Waals surface area contributed by atoms with E-state index in [-0.39, 0.29) is 17.6 Å². The molecule has 0 aliphatic rings. The van der Waals surface area contributed by atoms with Crippen LogP contribution in [0.25, 0.3) is 10.9 Å². The number of hydrogen-bond acceptors (Lipinski definition) is 2. The van der Waals surface area contributed by atoms with E-state index in [2.05, 4.69) is 42.6 Å². The first-order chi connectivity index (χ1) is 15.1. The summed E-state index contributed by atoms with van der Waals surface area (Å²) in [5.41, 5.74) is 2.91. The highest BCUT2D eigenvalue weighted by atomic mass is 79.9. The van der Waals surface area contributed by atoms with Gasteiger partial charge in [0.25, 0.3) is 5.91 Å². The number of fused-ring (bicyclic) bond motifs is 1. The van der Waals surface area contributed by atoms with E-state index < -0.39 is 5.82 Å². The Hall–Kier alpha value is -3.45. The van der Waals surface area contributed by atoms with Crippen molar-refractivity contribution in [1.29, 1.82) is 0 Å². The molecule has 0 atom stereocenters. The molecule has 0 spiro atoms. The lowest BCUT2D eigenvalue weighted by Crippen LogP contribution is -2.36. The topological polar surface area (TPSA) is 69.3 Å². The van der Waals surface area contributed by atoms with Gasteiger partial charge < -0.3 is 10.3 Å². The normalized spacial score (nSPS) is 11.5. The van der Waals surface area contributed by atoms with E-state index in [1.165, 1.54) is 6.07 Å². The maximum Gasteiger partial charge on any atom is 0.257 e. The van der Waals surface area contributed by atoms with Crippen molar-refractivity contribution in [3.05, 3.63) is 100 Å². The molecule has 0 fully saturated rings. The van der Waals surface area contributed by atoms with Gasteiger partial charge in [0, 0.05) is 33.7 Å². The predicted octanol–water partition coefficient (Wildman–Crippen LogP) is 5.51. The van der Waals surface area contributed by atoms with Crippen molar-refractivity contribution in [2.75, 3.05) is 11.9 Å². The quantitative estimate of drug-likeness (QED) is 0.261. The van der Waals surface area contributed by atoms with Crippen molar-refractivity contribution in [3.63, 3.8) is 0 Å². The van der Waals surface area contributed by atoms with Crippen molar-refractivity contribution in [2.24, 2.45) is 4.99 Å². The molecule has 0 aliphatic heterocycles. The Balaban J connectivity index is 1.52. The summed E-state index contributed by atoms with van der Waals surface area (Å²) in [5, 5.41) is 6.80. The Morgan fingerprint density at radius 1 is 1.00 bits per heavy atom. The van der Waals surface area contributed by atoms with E-state index in [1.807, 2.05) is 24.4 Å². The summed E-state index contributed by atoms with van der Waals surface area (Å²) in [5.74, 6) is -0.565. The molecule has 0 aliphatic carbocycles. The van der Waals surface area contributed by atoms with Crippen LogP contribution in [0.3, 0.4) is 0 Å². The van der Waals surface area contributed by atoms with Crippen molar-refractivity contribution in [3.8, 4) is 0 Å². The summed E-state index contributed by atoms with van der Waals surface area (Å²) in [4.78, 5) is 20.4. The average Bonchev–Trinajstić information content (AvgIpc) is 3.19. The van der Waals surface area contributed by atoms with Crippen LogP contribution in [0.15, 0.2) is 88.5 Å². The molecule has 31 heavy (non-hydrogen) atoms. The van der Waals surface area contributed by atoms with Crippen LogP contribution in [0.4, 0.5) is 10.1 Å². The average molecular weight is 479 g/mol. The number of aromatic amines is 1. The monoisotopic (exact) mass is 478 g/mol. The van der Waals surface area contributed by atoms with Crippen molar-refractivity contribution < 1.29 is 9.18 Å². The summed E-state index contributed by atoms with van der Waals surface area (Å²) in [7, 11) is 0. The molecule has 4 aromatic rings. The predicted molar refractivity (Wildman–Crippen MR) is 126 cm³/mol. The third-order valence-electron chi connectivity index (χ3n) is 4.79. The zero-order valence-electron chi connectivity index (χ0n) is 16.5. The molecule has 1 heterocycles. The zero-order valence-corrected chi connectivity index (χ0v) is 18.1. The van der Waals surface area contributed by atoms with E-state index in [0.29, 0.717) is 18.5 Å². The van der Waals surface area contributed by atoms with Crippen LogP contribution in [-0.4, -0.2) is 23.4 Å². The van der Waals surface area contributed by atoms with Crippen LogP contribution in [0.1, 0.15) is 15.9 Å². The maximum atomic E-state index is 14.1.